The fourth-order valence-electron chi connectivity index (χ4n) is 19.7. The van der Waals surface area contributed by atoms with E-state index in [4.69, 9.17) is 0 Å². The molecule has 0 radical (unpaired) electrons. The van der Waals surface area contributed by atoms with Crippen LogP contribution in [0.5, 0.6) is 0 Å². The third kappa shape index (κ3) is 8.72. The first kappa shape index (κ1) is 60.0. The van der Waals surface area contributed by atoms with E-state index in [0.717, 1.165) is 12.8 Å². The third-order valence-corrected chi connectivity index (χ3v) is 24.7. The van der Waals surface area contributed by atoms with Gasteiger partial charge in [0.05, 0.1) is 27.5 Å². The van der Waals surface area contributed by atoms with Crippen LogP contribution in [0.4, 0.5) is 0 Å². The van der Waals surface area contributed by atoms with Crippen LogP contribution in [0.3, 0.4) is 0 Å². The van der Waals surface area contributed by atoms with Crippen LogP contribution in [0.25, 0.3) is 162 Å². The Kier molecular flexibility index (Phi) is 12.7. The summed E-state index contributed by atoms with van der Waals surface area (Å²) in [5.41, 5.74) is 38.3. The molecule has 5 aliphatic rings. The molecule has 0 unspecified atom stereocenters. The maximum Gasteiger partial charge on any atom is 0.0722 e. The van der Waals surface area contributed by atoms with E-state index >= 15 is 0 Å². The number of allylic oxidation sites excluding steroid dienone is 4. The zero-order valence-electron chi connectivity index (χ0n) is 59.1. The molecule has 494 valence electrons. The van der Waals surface area contributed by atoms with Gasteiger partial charge in [-0.1, -0.05) is 270 Å². The molecule has 1 spiro atoms. The van der Waals surface area contributed by atoms with Crippen LogP contribution in [-0.4, -0.2) is 9.13 Å². The summed E-state index contributed by atoms with van der Waals surface area (Å²) in [5.74, 6) is 0. The average molecular weight is 1340 g/mol. The van der Waals surface area contributed by atoms with Crippen molar-refractivity contribution in [3.8, 4) is 67.0 Å². The highest BCUT2D eigenvalue weighted by Gasteiger charge is 2.52. The van der Waals surface area contributed by atoms with Gasteiger partial charge in [0.2, 0.25) is 0 Å². The Morgan fingerprint density at radius 1 is 0.276 bits per heavy atom. The lowest BCUT2D eigenvalue weighted by Gasteiger charge is -2.32. The molecule has 22 rings (SSSR count). The van der Waals surface area contributed by atoms with E-state index in [1.807, 2.05) is 0 Å². The Hall–Kier alpha value is -12.6. The van der Waals surface area contributed by atoms with Crippen molar-refractivity contribution in [1.29, 1.82) is 0 Å². The number of rotatable bonds is 8. The topological polar surface area (TPSA) is 9.86 Å². The summed E-state index contributed by atoms with van der Waals surface area (Å²) in [5, 5.41) is 9.95. The number of aromatic nitrogens is 2. The molecule has 0 N–H and O–H groups in total. The van der Waals surface area contributed by atoms with E-state index in [9.17, 15) is 0 Å². The molecule has 105 heavy (non-hydrogen) atoms. The highest BCUT2D eigenvalue weighted by molar-refractivity contribution is 6.12. The minimum absolute atomic E-state index is 0.0767. The Balaban J connectivity index is 0.549. The second-order valence-electron chi connectivity index (χ2n) is 31.0. The molecule has 0 fully saturated rings. The van der Waals surface area contributed by atoms with Crippen molar-refractivity contribution < 1.29 is 0 Å². The van der Waals surface area contributed by atoms with Gasteiger partial charge in [0.1, 0.15) is 0 Å². The summed E-state index contributed by atoms with van der Waals surface area (Å²) in [4.78, 5) is 0. The molecular weight excluding hydrogens is 1270 g/mol. The molecule has 0 saturated carbocycles. The first-order valence-electron chi connectivity index (χ1n) is 37.3. The molecule has 2 nitrogen and oxygen atoms in total. The molecule has 0 bridgehead atoms. The number of hydrogen-bond acceptors (Lipinski definition) is 0. The van der Waals surface area contributed by atoms with Crippen molar-refractivity contribution in [2.75, 3.05) is 0 Å². The van der Waals surface area contributed by atoms with E-state index in [0.29, 0.717) is 0 Å². The van der Waals surface area contributed by atoms with Crippen molar-refractivity contribution >= 4 is 95.0 Å². The first-order valence-corrected chi connectivity index (χ1v) is 37.3. The van der Waals surface area contributed by atoms with Crippen LogP contribution in [0.15, 0.2) is 321 Å². The third-order valence-electron chi connectivity index (χ3n) is 24.7. The van der Waals surface area contributed by atoms with Gasteiger partial charge in [0.15, 0.2) is 0 Å². The van der Waals surface area contributed by atoms with Crippen LogP contribution in [0.1, 0.15) is 107 Å². The molecule has 0 atom stereocenters. The van der Waals surface area contributed by atoms with Gasteiger partial charge in [-0.05, 0) is 265 Å². The summed E-state index contributed by atoms with van der Waals surface area (Å²) >= 11 is 0. The van der Waals surface area contributed by atoms with Gasteiger partial charge in [0.25, 0.3) is 0 Å². The lowest BCUT2D eigenvalue weighted by Crippen LogP contribution is -2.27. The largest absolute Gasteiger partial charge is 0.309 e. The molecule has 0 saturated heterocycles. The molecule has 15 aromatic carbocycles. The minimum Gasteiger partial charge on any atom is -0.309 e. The second-order valence-corrected chi connectivity index (χ2v) is 31.0. The maximum atomic E-state index is 2.50. The minimum atomic E-state index is -0.438. The van der Waals surface area contributed by atoms with Crippen molar-refractivity contribution in [2.45, 2.75) is 56.8 Å². The van der Waals surface area contributed by atoms with Crippen molar-refractivity contribution in [1.82, 2.24) is 9.13 Å². The SMILES string of the molecule is CC1(C)c2ccccc2-c2ccc(-n3c4ccccc4c4cc(-c5ccc6cc(/C=C/c7ccc8c(c7)C7(C9=C(CCC=C9)c9ccccc97)c7cc(/C=C/c9ccc%10cc(-c%11ccc%12c(c%11)c%11ccccc%11n%12-c%11ccc%12c(c%11)C(C)(C)c%11ccccc%11-%12)ccc%10c9)ccc7-8)ccc6c5)ccc43)cc21. The molecule has 0 aliphatic heterocycles. The van der Waals surface area contributed by atoms with Crippen molar-refractivity contribution in [2.24, 2.45) is 0 Å². The smallest absolute Gasteiger partial charge is 0.0722 e. The van der Waals surface area contributed by atoms with Gasteiger partial charge in [-0.2, -0.15) is 0 Å². The number of nitrogens with zero attached hydrogens (tertiary/aromatic N) is 2. The highest BCUT2D eigenvalue weighted by atomic mass is 15.0. The molecular formula is C103H72N2. The Bertz CT molecular complexity index is 6470. The maximum absolute atomic E-state index is 2.50. The van der Waals surface area contributed by atoms with E-state index in [-0.39, 0.29) is 10.8 Å². The standard InChI is InChI=1S/C103H72N2/c1-101(2)89-23-11-5-17-77(89)81-49-45-75(61-93(81)101)104-97-27-15-9-21-85(97)87-59-73(43-51-99(87)104)71-41-39-67-53-63(33-37-69(67)57-71)29-31-65-35-47-83-84-48-36-66(56-96(84)103(95(83)55-65)91-25-13-7-19-79(91)80-20-8-14-26-92(80)103)32-30-64-34-38-70-58-72(42-40-68(70)54-64)74-44-52-100-88(60-74)86-22-10-16-28-98(86)105(100)76-46-50-82-78-18-6-12-24-90(78)102(3,4)94(82)62-76/h5-7,9-19,21-62H,8,20H2,1-4H3/b31-29+,32-30+. The zero-order chi connectivity index (χ0) is 69.6. The predicted octanol–water partition coefficient (Wildman–Crippen LogP) is 26.9. The summed E-state index contributed by atoms with van der Waals surface area (Å²) in [6.07, 6.45) is 16.2. The van der Waals surface area contributed by atoms with Crippen LogP contribution in [0, 0.1) is 0 Å². The van der Waals surface area contributed by atoms with Gasteiger partial charge >= 0.3 is 0 Å². The van der Waals surface area contributed by atoms with E-state index in [2.05, 4.69) is 377 Å². The predicted molar refractivity (Wildman–Crippen MR) is 444 cm³/mol. The number of fused-ring (bicyclic) bond motifs is 23. The van der Waals surface area contributed by atoms with Crippen molar-refractivity contribution in [3.05, 3.63) is 388 Å². The fourth-order valence-corrected chi connectivity index (χ4v) is 19.7. The number of benzene rings is 15. The zero-order valence-corrected chi connectivity index (χ0v) is 59.1. The van der Waals surface area contributed by atoms with Crippen LogP contribution < -0.4 is 0 Å². The van der Waals surface area contributed by atoms with E-state index in [1.54, 1.807) is 0 Å². The lowest BCUT2D eigenvalue weighted by molar-refractivity contribution is 0.660. The summed E-state index contributed by atoms with van der Waals surface area (Å²) in [7, 11) is 0. The Morgan fingerprint density at radius 2 is 0.648 bits per heavy atom. The Morgan fingerprint density at radius 3 is 1.16 bits per heavy atom. The Labute approximate surface area is 611 Å². The number of hydrogen-bond donors (Lipinski definition) is 0. The average Bonchev–Trinajstić information content (AvgIpc) is 1.50. The molecule has 17 aromatic rings. The van der Waals surface area contributed by atoms with Crippen LogP contribution in [0.2, 0.25) is 0 Å². The van der Waals surface area contributed by atoms with Crippen LogP contribution in [-0.2, 0) is 16.2 Å². The van der Waals surface area contributed by atoms with Gasteiger partial charge in [-0.3, -0.25) is 0 Å². The lowest BCUT2D eigenvalue weighted by atomic mass is 9.68. The van der Waals surface area contributed by atoms with E-state index < -0.39 is 5.41 Å². The van der Waals surface area contributed by atoms with Gasteiger partial charge < -0.3 is 9.13 Å². The summed E-state index contributed by atoms with van der Waals surface area (Å²) in [6, 6.07) is 115. The highest BCUT2D eigenvalue weighted by Crippen LogP contribution is 2.64. The molecule has 2 aromatic heterocycles. The summed E-state index contributed by atoms with van der Waals surface area (Å²) in [6.45, 7) is 9.46. The van der Waals surface area contributed by atoms with Crippen LogP contribution >= 0.6 is 0 Å². The van der Waals surface area contributed by atoms with Gasteiger partial charge in [-0.25, -0.2) is 0 Å². The molecule has 2 heterocycles. The van der Waals surface area contributed by atoms with Crippen molar-refractivity contribution in [3.63, 3.8) is 0 Å². The molecule has 5 aliphatic carbocycles. The second kappa shape index (κ2) is 22.2. The van der Waals surface area contributed by atoms with E-state index in [1.165, 1.54) is 210 Å². The quantitative estimate of drug-likeness (QED) is 0.134. The van der Waals surface area contributed by atoms with Gasteiger partial charge in [-0.15, -0.1) is 0 Å². The fraction of sp³-hybridized carbons (Fsp3) is 0.0874. The normalized spacial score (nSPS) is 15.2. The molecule has 2 heteroatoms. The molecule has 0 amide bonds. The summed E-state index contributed by atoms with van der Waals surface area (Å²) < 4.78 is 4.93. The first-order chi connectivity index (χ1) is 51.5. The monoisotopic (exact) mass is 1340 g/mol. The van der Waals surface area contributed by atoms with Gasteiger partial charge in [0, 0.05) is 43.7 Å². The number of para-hydroxylation sites is 2.